The predicted octanol–water partition coefficient (Wildman–Crippen LogP) is 3.26. The summed E-state index contributed by atoms with van der Waals surface area (Å²) in [6.45, 7) is 0. The smallest absolute Gasteiger partial charge is 0.283 e. The number of hydrogen-bond donors (Lipinski definition) is 1. The Morgan fingerprint density at radius 2 is 2.09 bits per heavy atom. The zero-order chi connectivity index (χ0) is 15.6. The predicted molar refractivity (Wildman–Crippen MR) is 85.0 cm³/mol. The summed E-state index contributed by atoms with van der Waals surface area (Å²) in [5, 5.41) is 3.96. The normalized spacial score (nSPS) is 14.4. The number of hydrogen-bond acceptors (Lipinski definition) is 4. The molecular formula is C17H16N4O2. The fraction of sp³-hybridized carbons (Fsp3) is 0.235. The van der Waals surface area contributed by atoms with E-state index in [2.05, 4.69) is 15.1 Å². The molecule has 23 heavy (non-hydrogen) atoms. The zero-order valence-corrected chi connectivity index (χ0v) is 12.5. The number of amides is 1. The van der Waals surface area contributed by atoms with Crippen molar-refractivity contribution in [3.63, 3.8) is 0 Å². The first-order valence-corrected chi connectivity index (χ1v) is 7.68. The summed E-state index contributed by atoms with van der Waals surface area (Å²) in [5.41, 5.74) is 1.19. The molecule has 1 aliphatic rings. The zero-order valence-electron chi connectivity index (χ0n) is 12.5. The second kappa shape index (κ2) is 5.72. The molecule has 1 aliphatic carbocycles. The lowest BCUT2D eigenvalue weighted by Gasteiger charge is -2.35. The molecule has 1 amide bonds. The third kappa shape index (κ3) is 2.52. The molecule has 0 aliphatic heterocycles. The molecule has 2 aromatic heterocycles. The Morgan fingerprint density at radius 1 is 1.26 bits per heavy atom. The van der Waals surface area contributed by atoms with Crippen molar-refractivity contribution in [3.8, 4) is 11.3 Å². The highest BCUT2D eigenvalue weighted by Crippen LogP contribution is 2.29. The average molecular weight is 308 g/mol. The largest absolute Gasteiger partial charge is 0.355 e. The average Bonchev–Trinajstić information content (AvgIpc) is 3.22. The van der Waals surface area contributed by atoms with E-state index < -0.39 is 0 Å². The summed E-state index contributed by atoms with van der Waals surface area (Å²) in [6.07, 6.45) is 6.45. The van der Waals surface area contributed by atoms with E-state index >= 15 is 0 Å². The topological polar surface area (TPSA) is 75.0 Å². The first-order valence-electron chi connectivity index (χ1n) is 7.68. The summed E-state index contributed by atoms with van der Waals surface area (Å²) in [7, 11) is 0. The summed E-state index contributed by atoms with van der Waals surface area (Å²) in [4.78, 5) is 21.8. The van der Waals surface area contributed by atoms with Gasteiger partial charge in [-0.05, 0) is 19.3 Å². The van der Waals surface area contributed by atoms with Gasteiger partial charge in [-0.3, -0.25) is 9.69 Å². The number of imidazole rings is 1. The van der Waals surface area contributed by atoms with Gasteiger partial charge in [0, 0.05) is 30.1 Å². The molecule has 1 N–H and O–H groups in total. The fourth-order valence-electron chi connectivity index (χ4n) is 2.71. The Balaban J connectivity index is 1.64. The highest BCUT2D eigenvalue weighted by Gasteiger charge is 2.33. The third-order valence-corrected chi connectivity index (χ3v) is 4.16. The van der Waals surface area contributed by atoms with Gasteiger partial charge in [-0.2, -0.15) is 0 Å². The number of H-pyrrole nitrogens is 1. The van der Waals surface area contributed by atoms with Gasteiger partial charge in [0.2, 0.25) is 5.95 Å². The lowest BCUT2D eigenvalue weighted by Crippen LogP contribution is -2.45. The van der Waals surface area contributed by atoms with E-state index in [9.17, 15) is 4.79 Å². The van der Waals surface area contributed by atoms with Gasteiger partial charge in [0.25, 0.3) is 5.91 Å². The van der Waals surface area contributed by atoms with E-state index in [1.165, 1.54) is 0 Å². The van der Waals surface area contributed by atoms with Crippen LogP contribution in [-0.2, 0) is 0 Å². The van der Waals surface area contributed by atoms with Crippen LogP contribution in [0.15, 0.2) is 53.3 Å². The van der Waals surface area contributed by atoms with Crippen molar-refractivity contribution in [1.29, 1.82) is 0 Å². The van der Waals surface area contributed by atoms with Crippen molar-refractivity contribution in [1.82, 2.24) is 15.1 Å². The number of nitrogens with zero attached hydrogens (tertiary/aromatic N) is 3. The molecule has 116 valence electrons. The Morgan fingerprint density at radius 3 is 2.74 bits per heavy atom. The molecule has 0 spiro atoms. The first-order chi connectivity index (χ1) is 11.3. The third-order valence-electron chi connectivity index (χ3n) is 4.16. The maximum Gasteiger partial charge on any atom is 0.283 e. The minimum atomic E-state index is -0.185. The van der Waals surface area contributed by atoms with Gasteiger partial charge in [0.15, 0.2) is 11.5 Å². The van der Waals surface area contributed by atoms with Crippen LogP contribution in [0.1, 0.15) is 29.8 Å². The lowest BCUT2D eigenvalue weighted by atomic mass is 9.91. The van der Waals surface area contributed by atoms with Gasteiger partial charge in [0.1, 0.15) is 0 Å². The number of nitrogens with one attached hydrogen (secondary N) is 1. The van der Waals surface area contributed by atoms with Gasteiger partial charge in [-0.15, -0.1) is 0 Å². The van der Waals surface area contributed by atoms with E-state index in [0.717, 1.165) is 24.8 Å². The van der Waals surface area contributed by atoms with Crippen LogP contribution in [0.4, 0.5) is 5.95 Å². The monoisotopic (exact) mass is 308 g/mol. The molecule has 2 heterocycles. The molecular weight excluding hydrogens is 292 g/mol. The number of aromatic amines is 1. The molecule has 4 rings (SSSR count). The molecule has 0 unspecified atom stereocenters. The second-order valence-corrected chi connectivity index (χ2v) is 5.62. The van der Waals surface area contributed by atoms with E-state index in [4.69, 9.17) is 4.52 Å². The maximum absolute atomic E-state index is 12.9. The summed E-state index contributed by atoms with van der Waals surface area (Å²) in [6, 6.07) is 11.5. The Kier molecular flexibility index (Phi) is 3.42. The fourth-order valence-corrected chi connectivity index (χ4v) is 2.71. The van der Waals surface area contributed by atoms with Gasteiger partial charge in [0.05, 0.1) is 0 Å². The van der Waals surface area contributed by atoms with E-state index in [1.54, 1.807) is 23.4 Å². The van der Waals surface area contributed by atoms with Gasteiger partial charge in [-0.1, -0.05) is 35.5 Å². The number of benzene rings is 1. The van der Waals surface area contributed by atoms with Crippen LogP contribution < -0.4 is 4.90 Å². The second-order valence-electron chi connectivity index (χ2n) is 5.62. The van der Waals surface area contributed by atoms with Gasteiger partial charge < -0.3 is 9.51 Å². The van der Waals surface area contributed by atoms with Gasteiger partial charge >= 0.3 is 0 Å². The Hall–Kier alpha value is -2.89. The molecule has 1 aromatic carbocycles. The minimum Gasteiger partial charge on any atom is -0.355 e. The van der Waals surface area contributed by atoms with Gasteiger partial charge in [-0.25, -0.2) is 4.98 Å². The Bertz CT molecular complexity index is 791. The van der Waals surface area contributed by atoms with Crippen molar-refractivity contribution in [2.45, 2.75) is 25.3 Å². The number of carbonyl (C=O) groups is 1. The van der Waals surface area contributed by atoms with Crippen LogP contribution in [0, 0.1) is 0 Å². The standard InChI is InChI=1S/C17H16N4O2/c22-16(21(13-7-4-8-13)17-18-9-10-19-17)14-11-15(23-20-14)12-5-2-1-3-6-12/h1-3,5-6,9-11,13H,4,7-8H2,(H,18,19). The maximum atomic E-state index is 12.9. The Labute approximate surface area is 133 Å². The SMILES string of the molecule is O=C(c1cc(-c2ccccc2)on1)N(c1ncc[nH]1)C1CCC1. The number of aromatic nitrogens is 3. The van der Waals surface area contributed by atoms with Crippen LogP contribution in [0.3, 0.4) is 0 Å². The minimum absolute atomic E-state index is 0.172. The number of anilines is 1. The highest BCUT2D eigenvalue weighted by molar-refractivity contribution is 6.04. The molecule has 1 saturated carbocycles. The van der Waals surface area contributed by atoms with E-state index in [-0.39, 0.29) is 11.9 Å². The molecule has 3 aromatic rings. The quantitative estimate of drug-likeness (QED) is 0.802. The molecule has 6 nitrogen and oxygen atoms in total. The lowest BCUT2D eigenvalue weighted by molar-refractivity contribution is 0.0953. The van der Waals surface area contributed by atoms with Crippen LogP contribution in [0.5, 0.6) is 0 Å². The molecule has 0 bridgehead atoms. The first kappa shape index (κ1) is 13.8. The summed E-state index contributed by atoms with van der Waals surface area (Å²) in [5.74, 6) is 0.960. The molecule has 0 atom stereocenters. The van der Waals surface area contributed by atoms with Crippen molar-refractivity contribution in [2.75, 3.05) is 4.90 Å². The molecule has 0 saturated heterocycles. The highest BCUT2D eigenvalue weighted by atomic mass is 16.5. The van der Waals surface area contributed by atoms with Crippen molar-refractivity contribution >= 4 is 11.9 Å². The summed E-state index contributed by atoms with van der Waals surface area (Å²) < 4.78 is 5.34. The van der Waals surface area contributed by atoms with Crippen molar-refractivity contribution in [2.24, 2.45) is 0 Å². The van der Waals surface area contributed by atoms with Crippen LogP contribution in [-0.4, -0.2) is 27.1 Å². The van der Waals surface area contributed by atoms with Crippen LogP contribution >= 0.6 is 0 Å². The van der Waals surface area contributed by atoms with Crippen molar-refractivity contribution < 1.29 is 9.32 Å². The number of rotatable bonds is 4. The van der Waals surface area contributed by atoms with E-state index in [0.29, 0.717) is 17.4 Å². The molecule has 1 fully saturated rings. The molecule has 0 radical (unpaired) electrons. The van der Waals surface area contributed by atoms with Crippen LogP contribution in [0.2, 0.25) is 0 Å². The van der Waals surface area contributed by atoms with Crippen LogP contribution in [0.25, 0.3) is 11.3 Å². The molecule has 6 heteroatoms. The number of carbonyl (C=O) groups excluding carboxylic acids is 1. The summed E-state index contributed by atoms with van der Waals surface area (Å²) >= 11 is 0. The van der Waals surface area contributed by atoms with E-state index in [1.807, 2.05) is 30.3 Å². The van der Waals surface area contributed by atoms with Crippen molar-refractivity contribution in [3.05, 3.63) is 54.5 Å².